The third kappa shape index (κ3) is 1.76. The third-order valence-corrected chi connectivity index (χ3v) is 3.67. The second kappa shape index (κ2) is 4.07. The van der Waals surface area contributed by atoms with Gasteiger partial charge in [0, 0.05) is 11.0 Å². The number of rotatable bonds is 1. The minimum absolute atomic E-state index is 0.173. The quantitative estimate of drug-likeness (QED) is 0.865. The molecule has 0 amide bonds. The smallest absolute Gasteiger partial charge is 0.331 e. The second-order valence-electron chi connectivity index (χ2n) is 5.71. The Kier molecular flexibility index (Phi) is 2.57. The lowest BCUT2D eigenvalue weighted by Gasteiger charge is -2.29. The van der Waals surface area contributed by atoms with Gasteiger partial charge in [0.2, 0.25) is 0 Å². The van der Waals surface area contributed by atoms with Gasteiger partial charge in [-0.3, -0.25) is 4.79 Å². The van der Waals surface area contributed by atoms with Gasteiger partial charge in [0.15, 0.2) is 5.43 Å². The molecule has 0 aliphatic heterocycles. The van der Waals surface area contributed by atoms with Crippen molar-refractivity contribution in [3.8, 4) is 0 Å². The Labute approximate surface area is 115 Å². The van der Waals surface area contributed by atoms with E-state index in [1.54, 1.807) is 18.2 Å². The molecule has 4 heteroatoms. The summed E-state index contributed by atoms with van der Waals surface area (Å²) in [5, 5.41) is 9.68. The SMILES string of the molecule is CC1(C)CC(C(=O)O)=Cc2c1oc1ccccc1c2=O. The minimum atomic E-state index is -0.990. The van der Waals surface area contributed by atoms with Crippen LogP contribution in [0.5, 0.6) is 0 Å². The van der Waals surface area contributed by atoms with Crippen LogP contribution in [-0.2, 0) is 10.2 Å². The molecule has 3 rings (SSSR count). The number of hydrogen-bond acceptors (Lipinski definition) is 3. The van der Waals surface area contributed by atoms with Crippen LogP contribution in [0.4, 0.5) is 0 Å². The highest BCUT2D eigenvalue weighted by molar-refractivity contribution is 5.94. The summed E-state index contributed by atoms with van der Waals surface area (Å²) in [5.41, 5.74) is 0.452. The van der Waals surface area contributed by atoms with Gasteiger partial charge < -0.3 is 9.52 Å². The largest absolute Gasteiger partial charge is 0.478 e. The van der Waals surface area contributed by atoms with E-state index in [1.165, 1.54) is 6.08 Å². The van der Waals surface area contributed by atoms with E-state index in [1.807, 2.05) is 19.9 Å². The van der Waals surface area contributed by atoms with Crippen molar-refractivity contribution in [1.29, 1.82) is 0 Å². The summed E-state index contributed by atoms with van der Waals surface area (Å²) < 4.78 is 5.87. The predicted octanol–water partition coefficient (Wildman–Crippen LogP) is 2.94. The average Bonchev–Trinajstić information content (AvgIpc) is 2.39. The zero-order valence-electron chi connectivity index (χ0n) is 11.3. The Hall–Kier alpha value is -2.36. The second-order valence-corrected chi connectivity index (χ2v) is 5.71. The zero-order chi connectivity index (χ0) is 14.5. The van der Waals surface area contributed by atoms with Crippen molar-refractivity contribution in [1.82, 2.24) is 0 Å². The highest BCUT2D eigenvalue weighted by atomic mass is 16.4. The average molecular weight is 270 g/mol. The summed E-state index contributed by atoms with van der Waals surface area (Å²) in [4.78, 5) is 23.8. The fourth-order valence-corrected chi connectivity index (χ4v) is 2.71. The normalized spacial score (nSPS) is 16.6. The Morgan fingerprint density at radius 2 is 2.00 bits per heavy atom. The van der Waals surface area contributed by atoms with Crippen molar-refractivity contribution < 1.29 is 14.3 Å². The number of hydrogen-bond donors (Lipinski definition) is 1. The maximum Gasteiger partial charge on any atom is 0.331 e. The van der Waals surface area contributed by atoms with E-state index in [0.29, 0.717) is 28.7 Å². The van der Waals surface area contributed by atoms with Crippen molar-refractivity contribution in [3.63, 3.8) is 0 Å². The molecule has 0 radical (unpaired) electrons. The third-order valence-electron chi connectivity index (χ3n) is 3.67. The van der Waals surface area contributed by atoms with Gasteiger partial charge in [-0.25, -0.2) is 4.79 Å². The number of aliphatic carboxylic acids is 1. The number of carboxylic acids is 1. The first-order valence-corrected chi connectivity index (χ1v) is 6.40. The Morgan fingerprint density at radius 3 is 2.70 bits per heavy atom. The van der Waals surface area contributed by atoms with Crippen molar-refractivity contribution in [2.45, 2.75) is 25.7 Å². The van der Waals surface area contributed by atoms with Gasteiger partial charge in [-0.15, -0.1) is 0 Å². The molecule has 20 heavy (non-hydrogen) atoms. The van der Waals surface area contributed by atoms with Gasteiger partial charge in [0.25, 0.3) is 0 Å². The van der Waals surface area contributed by atoms with Crippen LogP contribution in [0.1, 0.15) is 31.6 Å². The van der Waals surface area contributed by atoms with E-state index >= 15 is 0 Å². The molecular formula is C16H14O4. The van der Waals surface area contributed by atoms with Gasteiger partial charge in [-0.2, -0.15) is 0 Å². The molecule has 0 spiro atoms. The first-order chi connectivity index (χ1) is 9.40. The summed E-state index contributed by atoms with van der Waals surface area (Å²) in [7, 11) is 0. The summed E-state index contributed by atoms with van der Waals surface area (Å²) in [6.07, 6.45) is 1.79. The molecule has 0 saturated heterocycles. The van der Waals surface area contributed by atoms with Crippen LogP contribution in [-0.4, -0.2) is 11.1 Å². The number of carbonyl (C=O) groups is 1. The van der Waals surface area contributed by atoms with Crippen molar-refractivity contribution >= 4 is 23.0 Å². The Bertz CT molecular complexity index is 809. The van der Waals surface area contributed by atoms with E-state index in [4.69, 9.17) is 4.42 Å². The highest BCUT2D eigenvalue weighted by Crippen LogP contribution is 2.38. The summed E-state index contributed by atoms with van der Waals surface area (Å²) in [6, 6.07) is 7.02. The molecule has 4 nitrogen and oxygen atoms in total. The van der Waals surface area contributed by atoms with Crippen LogP contribution >= 0.6 is 0 Å². The predicted molar refractivity (Wildman–Crippen MR) is 75.7 cm³/mol. The molecule has 2 aromatic rings. The van der Waals surface area contributed by atoms with Crippen LogP contribution in [0.25, 0.3) is 17.0 Å². The van der Waals surface area contributed by atoms with Crippen LogP contribution in [0.2, 0.25) is 0 Å². The van der Waals surface area contributed by atoms with Gasteiger partial charge in [-0.1, -0.05) is 26.0 Å². The molecule has 102 valence electrons. The number of carboxylic acid groups (broad SMARTS) is 1. The number of fused-ring (bicyclic) bond motifs is 2. The fraction of sp³-hybridized carbons (Fsp3) is 0.250. The van der Waals surface area contributed by atoms with E-state index in [0.717, 1.165) is 0 Å². The maximum atomic E-state index is 12.5. The summed E-state index contributed by atoms with van der Waals surface area (Å²) >= 11 is 0. The zero-order valence-corrected chi connectivity index (χ0v) is 11.3. The van der Waals surface area contributed by atoms with Crippen molar-refractivity contribution in [2.75, 3.05) is 0 Å². The van der Waals surface area contributed by atoms with Gasteiger partial charge in [-0.05, 0) is 24.6 Å². The van der Waals surface area contributed by atoms with Crippen LogP contribution in [0.15, 0.2) is 39.1 Å². The first kappa shape index (κ1) is 12.7. The molecule has 1 aromatic carbocycles. The van der Waals surface area contributed by atoms with Crippen LogP contribution in [0.3, 0.4) is 0 Å². The number of para-hydroxylation sites is 1. The molecule has 0 fully saturated rings. The summed E-state index contributed by atoms with van der Waals surface area (Å²) in [6.45, 7) is 3.78. The molecule has 1 heterocycles. The lowest BCUT2D eigenvalue weighted by molar-refractivity contribution is -0.132. The molecule has 0 saturated carbocycles. The van der Waals surface area contributed by atoms with E-state index in [-0.39, 0.29) is 11.0 Å². The topological polar surface area (TPSA) is 67.5 Å². The molecule has 1 N–H and O–H groups in total. The van der Waals surface area contributed by atoms with Gasteiger partial charge in [0.05, 0.1) is 10.9 Å². The van der Waals surface area contributed by atoms with Crippen molar-refractivity contribution in [2.24, 2.45) is 0 Å². The molecule has 1 aliphatic carbocycles. The fourth-order valence-electron chi connectivity index (χ4n) is 2.71. The lowest BCUT2D eigenvalue weighted by Crippen LogP contribution is -2.28. The minimum Gasteiger partial charge on any atom is -0.478 e. The first-order valence-electron chi connectivity index (χ1n) is 6.40. The molecule has 0 atom stereocenters. The van der Waals surface area contributed by atoms with Gasteiger partial charge in [0.1, 0.15) is 11.3 Å². The van der Waals surface area contributed by atoms with E-state index in [2.05, 4.69) is 0 Å². The number of benzene rings is 1. The molecule has 1 aliphatic rings. The molecular weight excluding hydrogens is 256 g/mol. The summed E-state index contributed by atoms with van der Waals surface area (Å²) in [5.74, 6) is -0.428. The van der Waals surface area contributed by atoms with Crippen LogP contribution in [0, 0.1) is 0 Å². The Morgan fingerprint density at radius 1 is 1.30 bits per heavy atom. The molecule has 0 unspecified atom stereocenters. The standard InChI is InChI=1S/C16H14O4/c1-16(2)8-9(15(18)19)7-11-13(17)10-5-3-4-6-12(10)20-14(11)16/h3-7H,8H2,1-2H3,(H,18,19). The molecule has 1 aromatic heterocycles. The van der Waals surface area contributed by atoms with Crippen molar-refractivity contribution in [3.05, 3.63) is 51.4 Å². The Balaban J connectivity index is 2.42. The van der Waals surface area contributed by atoms with E-state index in [9.17, 15) is 14.7 Å². The monoisotopic (exact) mass is 270 g/mol. The lowest BCUT2D eigenvalue weighted by atomic mass is 9.76. The van der Waals surface area contributed by atoms with Gasteiger partial charge >= 0.3 is 5.97 Å². The highest BCUT2D eigenvalue weighted by Gasteiger charge is 2.35. The van der Waals surface area contributed by atoms with E-state index < -0.39 is 11.4 Å². The van der Waals surface area contributed by atoms with Crippen LogP contribution < -0.4 is 5.43 Å². The molecule has 0 bridgehead atoms. The maximum absolute atomic E-state index is 12.5.